The van der Waals surface area contributed by atoms with Crippen LogP contribution in [0, 0.1) is 0 Å². The van der Waals surface area contributed by atoms with Crippen molar-refractivity contribution in [3.63, 3.8) is 0 Å². The molecule has 32 heteroatoms. The minimum absolute atomic E-state index is 0.274. The number of hydrogen-bond donors (Lipinski definition) is 0. The van der Waals surface area contributed by atoms with Gasteiger partial charge >= 0.3 is 41.7 Å². The third-order valence-corrected chi connectivity index (χ3v) is 8.67. The third-order valence-electron chi connectivity index (χ3n) is 8.67. The van der Waals surface area contributed by atoms with E-state index in [1.807, 2.05) is 85.5 Å². The van der Waals surface area contributed by atoms with Gasteiger partial charge in [0, 0.05) is 71.8 Å². The quantitative estimate of drug-likeness (QED) is 0.0777. The summed E-state index contributed by atoms with van der Waals surface area (Å²) in [5.41, 5.74) is 6.56. The molecular weight excluding hydrogens is 1050 g/mol. The SMILES string of the molecule is FC(F)(F)Oc1ccccc1-[n+]1ccc(-c2cc[n+](Cc3ccccc3C[n+]3ccc(-c4cc[n+](-c5ccccc5OC(F)(F)F)cc4)cc3)cc2)cc1.F[B-](F)(F)F.F[B-](F)(F)F.F[B-](F)(F)F.F[B-](F)(F)F. The van der Waals surface area contributed by atoms with Crippen LogP contribution in [0.3, 0.4) is 0 Å². The predicted octanol–water partition coefficient (Wildman–Crippen LogP) is 13.2. The Morgan fingerprint density at radius 2 is 0.527 bits per heavy atom. The molecule has 0 fully saturated rings. The Hall–Kier alpha value is -7.42. The van der Waals surface area contributed by atoms with Crippen LogP contribution in [0.4, 0.5) is 95.4 Å². The van der Waals surface area contributed by atoms with Crippen LogP contribution in [-0.4, -0.2) is 41.7 Å². The van der Waals surface area contributed by atoms with E-state index in [9.17, 15) is 95.4 Å². The van der Waals surface area contributed by atoms with E-state index in [1.54, 1.807) is 58.2 Å². The third kappa shape index (κ3) is 26.3. The van der Waals surface area contributed by atoms with Gasteiger partial charge in [-0.05, 0) is 34.4 Å². The average molecular weight is 1090 g/mol. The monoisotopic (exact) mass is 1090 g/mol. The summed E-state index contributed by atoms with van der Waals surface area (Å²) < 4.78 is 249. The minimum atomic E-state index is -6.00. The molecule has 398 valence electrons. The summed E-state index contributed by atoms with van der Waals surface area (Å²) in [5, 5.41) is 0. The molecule has 0 spiro atoms. The Morgan fingerprint density at radius 3 is 0.770 bits per heavy atom. The van der Waals surface area contributed by atoms with Gasteiger partial charge in [-0.2, -0.15) is 9.13 Å². The largest absolute Gasteiger partial charge is 0.673 e. The Balaban J connectivity index is 0.000000614. The number of ether oxygens (including phenoxy) is 2. The molecule has 0 aliphatic carbocycles. The van der Waals surface area contributed by atoms with Crippen molar-refractivity contribution in [2.75, 3.05) is 0 Å². The van der Waals surface area contributed by atoms with Gasteiger partial charge in [0.25, 0.3) is 11.4 Å². The normalized spacial score (nSPS) is 11.8. The molecule has 0 bridgehead atoms. The number of nitrogens with zero attached hydrogens (tertiary/aromatic N) is 4. The first-order valence-electron chi connectivity index (χ1n) is 20.3. The van der Waals surface area contributed by atoms with Gasteiger partial charge in [0.15, 0.2) is 62.7 Å². The standard InChI is InChI=1S/C42H32F6N4O2.4BF4/c43-41(44,45)53-39-11-5-3-9-37(39)51-25-17-33(18-26-51)31-13-21-49(22-14-31)29-35-7-1-2-8-36(35)30-50-23-15-32(16-24-50)34-19-27-52(28-20-34)38-10-4-6-12-40(38)54-42(46,47)48;4*2-1(3,4)5/h1-28H,29-30H2;;;;/q+4;4*-1. The summed E-state index contributed by atoms with van der Waals surface area (Å²) in [5.74, 6) is -0.568. The number of hydrogen-bond acceptors (Lipinski definition) is 2. The highest BCUT2D eigenvalue weighted by molar-refractivity contribution is 6.51. The van der Waals surface area contributed by atoms with Crippen molar-refractivity contribution in [2.24, 2.45) is 0 Å². The summed E-state index contributed by atoms with van der Waals surface area (Å²) in [6, 6.07) is 35.5. The summed E-state index contributed by atoms with van der Waals surface area (Å²) in [6.07, 6.45) is 5.19. The molecule has 6 nitrogen and oxygen atoms in total. The first-order chi connectivity index (χ1) is 34.0. The summed E-state index contributed by atoms with van der Waals surface area (Å²) >= 11 is 0. The molecule has 3 aromatic carbocycles. The Kier molecular flexibility index (Phi) is 21.4. The topological polar surface area (TPSA) is 34.0 Å². The molecule has 7 aromatic rings. The van der Waals surface area contributed by atoms with Crippen LogP contribution in [0.25, 0.3) is 33.6 Å². The molecule has 0 amide bonds. The van der Waals surface area contributed by atoms with Crippen molar-refractivity contribution in [3.8, 4) is 45.1 Å². The summed E-state index contributed by atoms with van der Waals surface area (Å²) in [4.78, 5) is 0. The highest BCUT2D eigenvalue weighted by Crippen LogP contribution is 2.28. The highest BCUT2D eigenvalue weighted by Gasteiger charge is 2.35. The number of halogens is 22. The van der Waals surface area contributed by atoms with Gasteiger partial charge in [0.1, 0.15) is 0 Å². The number of benzene rings is 3. The zero-order valence-corrected chi connectivity index (χ0v) is 36.8. The van der Waals surface area contributed by atoms with E-state index < -0.39 is 41.7 Å². The zero-order valence-electron chi connectivity index (χ0n) is 36.8. The molecule has 4 heterocycles. The molecule has 0 aliphatic rings. The molecule has 0 saturated carbocycles. The van der Waals surface area contributed by atoms with Crippen LogP contribution in [0.2, 0.25) is 0 Å². The van der Waals surface area contributed by atoms with Gasteiger partial charge in [-0.1, -0.05) is 48.5 Å². The van der Waals surface area contributed by atoms with E-state index in [4.69, 9.17) is 0 Å². The second kappa shape index (κ2) is 26.0. The number of alkyl halides is 6. The lowest BCUT2D eigenvalue weighted by atomic mass is 10.1. The van der Waals surface area contributed by atoms with Crippen molar-refractivity contribution in [1.29, 1.82) is 0 Å². The number of para-hydroxylation sites is 4. The lowest BCUT2D eigenvalue weighted by Crippen LogP contribution is -2.36. The average Bonchev–Trinajstić information content (AvgIpc) is 3.25. The van der Waals surface area contributed by atoms with E-state index in [-0.39, 0.29) is 22.9 Å². The van der Waals surface area contributed by atoms with E-state index in [0.29, 0.717) is 13.1 Å². The molecule has 4 aromatic heterocycles. The Morgan fingerprint density at radius 1 is 0.311 bits per heavy atom. The van der Waals surface area contributed by atoms with Crippen molar-refractivity contribution in [3.05, 3.63) is 182 Å². The predicted molar refractivity (Wildman–Crippen MR) is 226 cm³/mol. The van der Waals surface area contributed by atoms with E-state index in [0.717, 1.165) is 33.4 Å². The second-order valence-corrected chi connectivity index (χ2v) is 14.3. The van der Waals surface area contributed by atoms with Gasteiger partial charge < -0.3 is 78.5 Å². The van der Waals surface area contributed by atoms with Gasteiger partial charge in [-0.3, -0.25) is 0 Å². The Bertz CT molecular complexity index is 2560. The smallest absolute Gasteiger partial charge is 0.418 e. The van der Waals surface area contributed by atoms with Crippen LogP contribution in [0.1, 0.15) is 11.1 Å². The fourth-order valence-corrected chi connectivity index (χ4v) is 6.09. The number of pyridine rings is 4. The van der Waals surface area contributed by atoms with Crippen molar-refractivity contribution >= 4 is 29.0 Å². The van der Waals surface area contributed by atoms with Gasteiger partial charge in [0.05, 0.1) is 0 Å². The van der Waals surface area contributed by atoms with Crippen LogP contribution < -0.4 is 27.7 Å². The molecular formula is C42H32B4F22N4O2. The molecule has 0 radical (unpaired) electrons. The maximum Gasteiger partial charge on any atom is 0.673 e. The number of aromatic nitrogens is 4. The summed E-state index contributed by atoms with van der Waals surface area (Å²) in [6.45, 7) is 1.28. The fourth-order valence-electron chi connectivity index (χ4n) is 6.09. The van der Waals surface area contributed by atoms with Gasteiger partial charge in [-0.15, -0.1) is 26.3 Å². The highest BCUT2D eigenvalue weighted by atomic mass is 19.5. The minimum Gasteiger partial charge on any atom is -0.418 e. The first kappa shape index (κ1) is 60.9. The van der Waals surface area contributed by atoms with E-state index >= 15 is 0 Å². The first-order valence-corrected chi connectivity index (χ1v) is 20.3. The van der Waals surface area contributed by atoms with Gasteiger partial charge in [0.2, 0.25) is 11.5 Å². The zero-order chi connectivity index (χ0) is 55.7. The summed E-state index contributed by atoms with van der Waals surface area (Å²) in [7, 11) is -24.0. The maximum absolute atomic E-state index is 12.9. The van der Waals surface area contributed by atoms with Crippen LogP contribution in [-0.2, 0) is 13.1 Å². The molecule has 0 saturated heterocycles. The van der Waals surface area contributed by atoms with Gasteiger partial charge in [-0.25, -0.2) is 9.13 Å². The maximum atomic E-state index is 12.9. The molecule has 0 N–H and O–H groups in total. The molecule has 0 aliphatic heterocycles. The molecule has 0 atom stereocenters. The van der Waals surface area contributed by atoms with Crippen LogP contribution in [0.5, 0.6) is 11.5 Å². The molecule has 0 unspecified atom stereocenters. The molecule has 74 heavy (non-hydrogen) atoms. The fraction of sp³-hybridized carbons (Fsp3) is 0.0952. The van der Waals surface area contributed by atoms with Crippen molar-refractivity contribution < 1.29 is 123 Å². The van der Waals surface area contributed by atoms with Crippen LogP contribution in [0.15, 0.2) is 171 Å². The number of rotatable bonds is 10. The lowest BCUT2D eigenvalue weighted by molar-refractivity contribution is -0.693. The lowest BCUT2D eigenvalue weighted by Gasteiger charge is -2.10. The Labute approximate surface area is 404 Å². The van der Waals surface area contributed by atoms with Crippen molar-refractivity contribution in [1.82, 2.24) is 0 Å². The van der Waals surface area contributed by atoms with E-state index in [2.05, 4.69) is 30.7 Å². The van der Waals surface area contributed by atoms with Crippen molar-refractivity contribution in [2.45, 2.75) is 25.8 Å². The van der Waals surface area contributed by atoms with Crippen LogP contribution >= 0.6 is 0 Å². The second-order valence-electron chi connectivity index (χ2n) is 14.3. The molecule has 7 rings (SSSR count). The van der Waals surface area contributed by atoms with E-state index in [1.165, 1.54) is 24.3 Å².